The third kappa shape index (κ3) is 1.95. The van der Waals surface area contributed by atoms with Crippen molar-refractivity contribution in [3.8, 4) is 0 Å². The maximum atomic E-state index is 10.8. The van der Waals surface area contributed by atoms with Crippen LogP contribution in [0, 0.1) is 0 Å². The third-order valence-electron chi connectivity index (χ3n) is 2.29. The summed E-state index contributed by atoms with van der Waals surface area (Å²) >= 11 is 0. The number of rotatable bonds is 1. The van der Waals surface area contributed by atoms with Crippen molar-refractivity contribution in [1.29, 1.82) is 0 Å². The van der Waals surface area contributed by atoms with Crippen LogP contribution >= 0.6 is 0 Å². The minimum atomic E-state index is -4.08. The summed E-state index contributed by atoms with van der Waals surface area (Å²) in [6.45, 7) is 0. The van der Waals surface area contributed by atoms with Gasteiger partial charge >= 0.3 is 0 Å². The average molecular weight is 194 g/mol. The van der Waals surface area contributed by atoms with E-state index in [4.69, 9.17) is 16.0 Å². The highest BCUT2D eigenvalue weighted by molar-refractivity contribution is 7.86. The van der Waals surface area contributed by atoms with Crippen LogP contribution in [0.3, 0.4) is 0 Å². The maximum absolute atomic E-state index is 10.8. The molecule has 6 heteroatoms. The molecule has 1 aliphatic carbocycles. The number of nitrogens with two attached hydrogens (primary N) is 2. The lowest BCUT2D eigenvalue weighted by atomic mass is 9.90. The lowest BCUT2D eigenvalue weighted by Crippen LogP contribution is -2.62. The molecule has 5 N–H and O–H groups in total. The van der Waals surface area contributed by atoms with E-state index >= 15 is 0 Å². The van der Waals surface area contributed by atoms with Crippen LogP contribution in [0.25, 0.3) is 0 Å². The fraction of sp³-hybridized carbons (Fsp3) is 1.00. The van der Waals surface area contributed by atoms with Crippen LogP contribution in [0.1, 0.15) is 25.7 Å². The van der Waals surface area contributed by atoms with Gasteiger partial charge in [-0.3, -0.25) is 4.55 Å². The van der Waals surface area contributed by atoms with Gasteiger partial charge in [0.25, 0.3) is 10.1 Å². The molecular formula is C6H14N2O3S. The molecule has 0 saturated heterocycles. The summed E-state index contributed by atoms with van der Waals surface area (Å²) in [5.41, 5.74) is 9.84. The molecule has 1 rings (SSSR count). The Balaban J connectivity index is 2.88. The molecule has 12 heavy (non-hydrogen) atoms. The summed E-state index contributed by atoms with van der Waals surface area (Å²) in [6, 6.07) is 0. The Bertz CT molecular complexity index is 260. The summed E-state index contributed by atoms with van der Waals surface area (Å²) < 4.78 is 30.4. The van der Waals surface area contributed by atoms with Gasteiger partial charge in [-0.2, -0.15) is 8.42 Å². The topological polar surface area (TPSA) is 106 Å². The van der Waals surface area contributed by atoms with Gasteiger partial charge in [0.15, 0.2) is 0 Å². The number of hydrogen-bond acceptors (Lipinski definition) is 4. The van der Waals surface area contributed by atoms with Crippen LogP contribution in [0.4, 0.5) is 0 Å². The normalized spacial score (nSPS) is 30.1. The van der Waals surface area contributed by atoms with Crippen molar-refractivity contribution >= 4 is 10.1 Å². The Labute approximate surface area is 71.9 Å². The molecule has 5 nitrogen and oxygen atoms in total. The molecule has 0 aromatic heterocycles. The molecule has 0 spiro atoms. The van der Waals surface area contributed by atoms with Crippen LogP contribution in [0.2, 0.25) is 0 Å². The van der Waals surface area contributed by atoms with E-state index in [9.17, 15) is 8.42 Å². The van der Waals surface area contributed by atoms with Crippen LogP contribution in [0.5, 0.6) is 0 Å². The SMILES string of the molecule is NC1(N)CCCCC1S(=O)(=O)O. The average Bonchev–Trinajstić information content (AvgIpc) is 1.83. The standard InChI is InChI=1S/C6H14N2O3S/c7-6(8)4-2-1-3-5(6)12(9,10)11/h5H,1-4,7-8H2,(H,9,10,11). The minimum absolute atomic E-state index is 0.353. The summed E-state index contributed by atoms with van der Waals surface area (Å²) in [4.78, 5) is 0. The molecule has 0 radical (unpaired) electrons. The Morgan fingerprint density at radius 3 is 2.25 bits per heavy atom. The van der Waals surface area contributed by atoms with Gasteiger partial charge in [0.05, 0.1) is 5.66 Å². The van der Waals surface area contributed by atoms with Crippen molar-refractivity contribution in [3.63, 3.8) is 0 Å². The quantitative estimate of drug-likeness (QED) is 0.383. The predicted octanol–water partition coefficient (Wildman–Crippen LogP) is -0.570. The monoisotopic (exact) mass is 194 g/mol. The zero-order chi connectivity index (χ0) is 9.41. The van der Waals surface area contributed by atoms with E-state index in [0.29, 0.717) is 12.8 Å². The molecule has 0 aromatic carbocycles. The zero-order valence-corrected chi connectivity index (χ0v) is 7.55. The van der Waals surface area contributed by atoms with E-state index in [1.165, 1.54) is 0 Å². The highest BCUT2D eigenvalue weighted by Crippen LogP contribution is 2.26. The molecule has 1 atom stereocenters. The van der Waals surface area contributed by atoms with E-state index in [-0.39, 0.29) is 0 Å². The maximum Gasteiger partial charge on any atom is 0.270 e. The molecule has 0 aromatic rings. The van der Waals surface area contributed by atoms with Gasteiger partial charge in [0, 0.05) is 0 Å². The lowest BCUT2D eigenvalue weighted by molar-refractivity contribution is 0.292. The molecular weight excluding hydrogens is 180 g/mol. The predicted molar refractivity (Wildman–Crippen MR) is 44.9 cm³/mol. The Morgan fingerprint density at radius 1 is 1.33 bits per heavy atom. The first-order chi connectivity index (χ1) is 5.34. The Kier molecular flexibility index (Phi) is 2.44. The highest BCUT2D eigenvalue weighted by atomic mass is 32.2. The van der Waals surface area contributed by atoms with Crippen LogP contribution in [0.15, 0.2) is 0 Å². The molecule has 0 amide bonds. The molecule has 1 unspecified atom stereocenters. The van der Waals surface area contributed by atoms with Gasteiger partial charge in [-0.1, -0.05) is 12.8 Å². The van der Waals surface area contributed by atoms with Crippen molar-refractivity contribution in [1.82, 2.24) is 0 Å². The van der Waals surface area contributed by atoms with Crippen molar-refractivity contribution in [2.45, 2.75) is 36.6 Å². The molecule has 0 heterocycles. The summed E-state index contributed by atoms with van der Waals surface area (Å²) in [5, 5.41) is -1.00. The van der Waals surface area contributed by atoms with Gasteiger partial charge in [-0.25, -0.2) is 0 Å². The van der Waals surface area contributed by atoms with Crippen molar-refractivity contribution in [3.05, 3.63) is 0 Å². The van der Waals surface area contributed by atoms with Crippen LogP contribution in [-0.2, 0) is 10.1 Å². The largest absolute Gasteiger partial charge is 0.312 e. The fourth-order valence-electron chi connectivity index (χ4n) is 1.62. The number of hydrogen-bond donors (Lipinski definition) is 3. The van der Waals surface area contributed by atoms with Crippen LogP contribution in [-0.4, -0.2) is 23.9 Å². The molecule has 72 valence electrons. The lowest BCUT2D eigenvalue weighted by Gasteiger charge is -2.35. The van der Waals surface area contributed by atoms with Crippen LogP contribution < -0.4 is 11.5 Å². The molecule has 0 aliphatic heterocycles. The van der Waals surface area contributed by atoms with Gasteiger partial charge in [-0.15, -0.1) is 0 Å². The molecule has 0 bridgehead atoms. The second-order valence-electron chi connectivity index (χ2n) is 3.36. The summed E-state index contributed by atoms with van der Waals surface area (Å²) in [5.74, 6) is 0. The molecule has 1 aliphatic rings. The minimum Gasteiger partial charge on any atom is -0.312 e. The summed E-state index contributed by atoms with van der Waals surface area (Å²) in [6.07, 6.45) is 2.36. The van der Waals surface area contributed by atoms with Crippen molar-refractivity contribution in [2.24, 2.45) is 11.5 Å². The second kappa shape index (κ2) is 2.95. The fourth-order valence-corrected chi connectivity index (χ4v) is 2.75. The van der Waals surface area contributed by atoms with E-state index in [1.54, 1.807) is 0 Å². The first-order valence-electron chi connectivity index (χ1n) is 3.88. The van der Waals surface area contributed by atoms with Crippen molar-refractivity contribution in [2.75, 3.05) is 0 Å². The van der Waals surface area contributed by atoms with Gasteiger partial charge in [-0.05, 0) is 12.8 Å². The van der Waals surface area contributed by atoms with E-state index in [2.05, 4.69) is 0 Å². The molecule has 1 saturated carbocycles. The highest BCUT2D eigenvalue weighted by Gasteiger charge is 2.41. The summed E-state index contributed by atoms with van der Waals surface area (Å²) in [7, 11) is -4.08. The van der Waals surface area contributed by atoms with Gasteiger partial charge in [0.2, 0.25) is 0 Å². The third-order valence-corrected chi connectivity index (χ3v) is 3.68. The first kappa shape index (κ1) is 9.91. The van der Waals surface area contributed by atoms with Gasteiger partial charge in [0.1, 0.15) is 5.25 Å². The van der Waals surface area contributed by atoms with E-state index in [1.807, 2.05) is 0 Å². The van der Waals surface area contributed by atoms with E-state index < -0.39 is 21.0 Å². The zero-order valence-electron chi connectivity index (χ0n) is 6.73. The second-order valence-corrected chi connectivity index (χ2v) is 4.96. The Hall–Kier alpha value is -0.170. The molecule has 1 fully saturated rings. The Morgan fingerprint density at radius 2 is 1.92 bits per heavy atom. The first-order valence-corrected chi connectivity index (χ1v) is 5.38. The van der Waals surface area contributed by atoms with Crippen molar-refractivity contribution < 1.29 is 13.0 Å². The van der Waals surface area contributed by atoms with Gasteiger partial charge < -0.3 is 11.5 Å². The van der Waals surface area contributed by atoms with E-state index in [0.717, 1.165) is 12.8 Å². The smallest absolute Gasteiger partial charge is 0.270 e.